The summed E-state index contributed by atoms with van der Waals surface area (Å²) in [4.78, 5) is 4.59. The molecule has 0 saturated heterocycles. The van der Waals surface area contributed by atoms with Crippen LogP contribution in [0.4, 0.5) is 11.5 Å². The first-order valence-electron chi connectivity index (χ1n) is 8.19. The van der Waals surface area contributed by atoms with Crippen molar-refractivity contribution in [1.29, 1.82) is 0 Å². The quantitative estimate of drug-likeness (QED) is 0.582. The number of sulfonamides is 1. The Morgan fingerprint density at radius 2 is 2.12 bits per heavy atom. The second kappa shape index (κ2) is 7.30. The van der Waals surface area contributed by atoms with Crippen LogP contribution < -0.4 is 10.0 Å². The molecule has 9 heteroatoms. The molecular weight excluding hydrogens is 354 g/mol. The predicted molar refractivity (Wildman–Crippen MR) is 102 cm³/mol. The lowest BCUT2D eigenvalue weighted by molar-refractivity contribution is 0.271. The summed E-state index contributed by atoms with van der Waals surface area (Å²) in [6, 6.07) is 8.79. The molecule has 26 heavy (non-hydrogen) atoms. The Morgan fingerprint density at radius 1 is 1.31 bits per heavy atom. The molecule has 0 aliphatic rings. The Hall–Kier alpha value is -2.65. The highest BCUT2D eigenvalue weighted by atomic mass is 32.2. The minimum atomic E-state index is -3.35. The van der Waals surface area contributed by atoms with Crippen LogP contribution in [0.15, 0.2) is 42.7 Å². The van der Waals surface area contributed by atoms with Gasteiger partial charge in [0.05, 0.1) is 25.1 Å². The third-order valence-corrected chi connectivity index (χ3v) is 4.52. The molecule has 8 nitrogen and oxygen atoms in total. The van der Waals surface area contributed by atoms with Crippen LogP contribution in [0.25, 0.3) is 16.8 Å². The molecule has 3 aromatic rings. The number of aliphatic hydroxyl groups is 1. The van der Waals surface area contributed by atoms with E-state index in [1.54, 1.807) is 41.2 Å². The van der Waals surface area contributed by atoms with Crippen LogP contribution in [-0.4, -0.2) is 47.0 Å². The molecular formula is C17H21N5O3S. The van der Waals surface area contributed by atoms with Crippen LogP contribution in [0, 0.1) is 0 Å². The van der Waals surface area contributed by atoms with E-state index in [2.05, 4.69) is 20.1 Å². The van der Waals surface area contributed by atoms with Crippen LogP contribution in [0.2, 0.25) is 0 Å². The van der Waals surface area contributed by atoms with Gasteiger partial charge in [-0.2, -0.15) is 5.10 Å². The lowest BCUT2D eigenvalue weighted by Gasteiger charge is -2.14. The molecule has 1 unspecified atom stereocenters. The van der Waals surface area contributed by atoms with E-state index in [1.165, 1.54) is 0 Å². The van der Waals surface area contributed by atoms with E-state index in [1.807, 2.05) is 13.0 Å². The summed E-state index contributed by atoms with van der Waals surface area (Å²) < 4.78 is 27.0. The fourth-order valence-corrected chi connectivity index (χ4v) is 3.16. The number of aliphatic hydroxyl groups excluding tert-OH is 1. The fourth-order valence-electron chi connectivity index (χ4n) is 2.60. The molecule has 138 valence electrons. The van der Waals surface area contributed by atoms with Gasteiger partial charge in [-0.3, -0.25) is 4.72 Å². The zero-order valence-electron chi connectivity index (χ0n) is 14.5. The SMILES string of the molecule is CCC(CO)Nc1ccn2ncc(-c3cccc(NS(C)(=O)=O)c3)c2n1. The minimum Gasteiger partial charge on any atom is -0.394 e. The molecule has 1 atom stereocenters. The molecule has 0 fully saturated rings. The Bertz CT molecular complexity index is 1010. The maximum atomic E-state index is 11.4. The summed E-state index contributed by atoms with van der Waals surface area (Å²) in [5.74, 6) is 0.644. The predicted octanol–water partition coefficient (Wildman–Crippen LogP) is 1.95. The van der Waals surface area contributed by atoms with Gasteiger partial charge in [0.1, 0.15) is 5.82 Å². The molecule has 1 aromatic carbocycles. The van der Waals surface area contributed by atoms with E-state index in [4.69, 9.17) is 0 Å². The summed E-state index contributed by atoms with van der Waals surface area (Å²) >= 11 is 0. The Balaban J connectivity index is 1.99. The number of nitrogens with zero attached hydrogens (tertiary/aromatic N) is 3. The number of fused-ring (bicyclic) bond motifs is 1. The molecule has 0 radical (unpaired) electrons. The van der Waals surface area contributed by atoms with Gasteiger partial charge in [0.2, 0.25) is 10.0 Å². The first kappa shape index (κ1) is 18.2. The van der Waals surface area contributed by atoms with Crippen molar-refractivity contribution in [3.8, 4) is 11.1 Å². The summed E-state index contributed by atoms with van der Waals surface area (Å²) in [6.07, 6.45) is 5.36. The summed E-state index contributed by atoms with van der Waals surface area (Å²) in [5.41, 5.74) is 2.69. The third-order valence-electron chi connectivity index (χ3n) is 3.91. The molecule has 3 rings (SSSR count). The lowest BCUT2D eigenvalue weighted by Crippen LogP contribution is -2.23. The van der Waals surface area contributed by atoms with E-state index in [0.717, 1.165) is 23.8 Å². The average Bonchev–Trinajstić information content (AvgIpc) is 3.01. The molecule has 0 aliphatic heterocycles. The van der Waals surface area contributed by atoms with Gasteiger partial charge in [-0.25, -0.2) is 17.9 Å². The smallest absolute Gasteiger partial charge is 0.229 e. The summed E-state index contributed by atoms with van der Waals surface area (Å²) in [5, 5.41) is 16.8. The zero-order chi connectivity index (χ0) is 18.7. The largest absolute Gasteiger partial charge is 0.394 e. The number of rotatable bonds is 7. The van der Waals surface area contributed by atoms with E-state index < -0.39 is 10.0 Å². The van der Waals surface area contributed by atoms with Gasteiger partial charge in [-0.05, 0) is 30.2 Å². The normalized spacial score (nSPS) is 12.9. The Kier molecular flexibility index (Phi) is 5.10. The molecule has 0 amide bonds. The summed E-state index contributed by atoms with van der Waals surface area (Å²) in [6.45, 7) is 2.01. The van der Waals surface area contributed by atoms with Gasteiger partial charge >= 0.3 is 0 Å². The van der Waals surface area contributed by atoms with Gasteiger partial charge in [0, 0.05) is 17.4 Å². The number of hydrogen-bond acceptors (Lipinski definition) is 6. The average molecular weight is 375 g/mol. The van der Waals surface area contributed by atoms with Gasteiger partial charge in [-0.1, -0.05) is 19.1 Å². The topological polar surface area (TPSA) is 109 Å². The molecule has 0 spiro atoms. The van der Waals surface area contributed by atoms with Crippen LogP contribution in [0.1, 0.15) is 13.3 Å². The number of benzene rings is 1. The van der Waals surface area contributed by atoms with Crippen LogP contribution in [0.3, 0.4) is 0 Å². The third kappa shape index (κ3) is 4.12. The van der Waals surface area contributed by atoms with Crippen molar-refractivity contribution in [1.82, 2.24) is 14.6 Å². The monoisotopic (exact) mass is 375 g/mol. The highest BCUT2D eigenvalue weighted by Gasteiger charge is 2.12. The molecule has 0 saturated carbocycles. The van der Waals surface area contributed by atoms with Crippen molar-refractivity contribution in [2.45, 2.75) is 19.4 Å². The molecule has 0 aliphatic carbocycles. The number of anilines is 2. The Morgan fingerprint density at radius 3 is 2.81 bits per heavy atom. The van der Waals surface area contributed by atoms with Crippen LogP contribution in [-0.2, 0) is 10.0 Å². The van der Waals surface area contributed by atoms with Gasteiger partial charge in [0.25, 0.3) is 0 Å². The fraction of sp³-hybridized carbons (Fsp3) is 0.294. The van der Waals surface area contributed by atoms with E-state index in [9.17, 15) is 13.5 Å². The standard InChI is InChI=1S/C17H21N5O3S/c1-3-13(11-23)19-16-7-8-22-17(20-16)15(10-18-22)12-5-4-6-14(9-12)21-26(2,24)25/h4-10,13,21,23H,3,11H2,1-2H3,(H,19,20). The lowest BCUT2D eigenvalue weighted by atomic mass is 10.1. The second-order valence-electron chi connectivity index (χ2n) is 6.03. The highest BCUT2D eigenvalue weighted by Crippen LogP contribution is 2.27. The van der Waals surface area contributed by atoms with E-state index >= 15 is 0 Å². The van der Waals surface area contributed by atoms with Gasteiger partial charge < -0.3 is 10.4 Å². The summed E-state index contributed by atoms with van der Waals surface area (Å²) in [7, 11) is -3.35. The van der Waals surface area contributed by atoms with Crippen molar-refractivity contribution in [2.75, 3.05) is 22.9 Å². The molecule has 0 bridgehead atoms. The maximum absolute atomic E-state index is 11.4. The van der Waals surface area contributed by atoms with Crippen molar-refractivity contribution in [2.24, 2.45) is 0 Å². The molecule has 2 aromatic heterocycles. The second-order valence-corrected chi connectivity index (χ2v) is 7.77. The number of aromatic nitrogens is 3. The Labute approximate surface area is 151 Å². The zero-order valence-corrected chi connectivity index (χ0v) is 15.4. The van der Waals surface area contributed by atoms with Crippen molar-refractivity contribution >= 4 is 27.2 Å². The van der Waals surface area contributed by atoms with Crippen LogP contribution >= 0.6 is 0 Å². The number of nitrogens with one attached hydrogen (secondary N) is 2. The van der Waals surface area contributed by atoms with Gasteiger partial charge in [-0.15, -0.1) is 0 Å². The van der Waals surface area contributed by atoms with Crippen molar-refractivity contribution in [3.05, 3.63) is 42.7 Å². The molecule has 3 N–H and O–H groups in total. The van der Waals surface area contributed by atoms with Gasteiger partial charge in [0.15, 0.2) is 5.65 Å². The van der Waals surface area contributed by atoms with E-state index in [-0.39, 0.29) is 12.6 Å². The number of hydrogen-bond donors (Lipinski definition) is 3. The van der Waals surface area contributed by atoms with Crippen molar-refractivity contribution < 1.29 is 13.5 Å². The highest BCUT2D eigenvalue weighted by molar-refractivity contribution is 7.92. The minimum absolute atomic E-state index is 0.0225. The van der Waals surface area contributed by atoms with E-state index in [0.29, 0.717) is 17.2 Å². The van der Waals surface area contributed by atoms with Crippen molar-refractivity contribution in [3.63, 3.8) is 0 Å². The molecule has 2 heterocycles. The first-order valence-corrected chi connectivity index (χ1v) is 10.1. The first-order chi connectivity index (χ1) is 12.4. The van der Waals surface area contributed by atoms with Crippen LogP contribution in [0.5, 0.6) is 0 Å². The maximum Gasteiger partial charge on any atom is 0.229 e.